The van der Waals surface area contributed by atoms with Crippen LogP contribution in [0.2, 0.25) is 0 Å². The molecule has 6 heteroatoms. The zero-order chi connectivity index (χ0) is 13.1. The van der Waals surface area contributed by atoms with Gasteiger partial charge in [0.1, 0.15) is 5.01 Å². The van der Waals surface area contributed by atoms with Gasteiger partial charge in [-0.05, 0) is 26.1 Å². The van der Waals surface area contributed by atoms with Gasteiger partial charge in [-0.2, -0.15) is 0 Å². The molecule has 96 valence electrons. The van der Waals surface area contributed by atoms with Crippen molar-refractivity contribution in [3.05, 3.63) is 29.3 Å². The lowest BCUT2D eigenvalue weighted by molar-refractivity contribution is 0.279. The standard InChI is InChI=1S/C12H16N4OS/c1-8(12(13)15-17)16(2)7-11-14-9-5-3-4-6-10(9)18-11/h3-6,8,17H,7H2,1-2H3,(H2,13,15). The fraction of sp³-hybridized carbons (Fsp3) is 0.333. The summed E-state index contributed by atoms with van der Waals surface area (Å²) in [5.41, 5.74) is 6.60. The first kappa shape index (κ1) is 12.8. The number of thiazole rings is 1. The SMILES string of the molecule is CC(/C(N)=N/O)N(C)Cc1nc2ccccc2s1. The molecule has 2 aromatic rings. The van der Waals surface area contributed by atoms with Crippen LogP contribution in [-0.4, -0.2) is 34.0 Å². The average Bonchev–Trinajstić information content (AvgIpc) is 2.78. The average molecular weight is 264 g/mol. The van der Waals surface area contributed by atoms with Crippen LogP contribution < -0.4 is 5.73 Å². The first-order valence-corrected chi connectivity index (χ1v) is 6.45. The predicted octanol–water partition coefficient (Wildman–Crippen LogP) is 1.86. The normalized spacial score (nSPS) is 14.3. The molecule has 1 heterocycles. The maximum atomic E-state index is 8.66. The molecule has 0 aliphatic heterocycles. The van der Waals surface area contributed by atoms with Crippen molar-refractivity contribution < 1.29 is 5.21 Å². The summed E-state index contributed by atoms with van der Waals surface area (Å²) in [4.78, 5) is 6.55. The quantitative estimate of drug-likeness (QED) is 0.382. The monoisotopic (exact) mass is 264 g/mol. The van der Waals surface area contributed by atoms with Crippen molar-refractivity contribution >= 4 is 27.4 Å². The number of likely N-dealkylation sites (N-methyl/N-ethyl adjacent to an activating group) is 1. The fourth-order valence-electron chi connectivity index (χ4n) is 1.65. The molecule has 0 fully saturated rings. The minimum Gasteiger partial charge on any atom is -0.409 e. The summed E-state index contributed by atoms with van der Waals surface area (Å²) in [6.45, 7) is 2.57. The molecular weight excluding hydrogens is 248 g/mol. The van der Waals surface area contributed by atoms with Crippen LogP contribution in [0, 0.1) is 0 Å². The van der Waals surface area contributed by atoms with Crippen molar-refractivity contribution in [2.45, 2.75) is 19.5 Å². The summed E-state index contributed by atoms with van der Waals surface area (Å²) < 4.78 is 1.18. The predicted molar refractivity (Wildman–Crippen MR) is 74.0 cm³/mol. The summed E-state index contributed by atoms with van der Waals surface area (Å²) in [6.07, 6.45) is 0. The van der Waals surface area contributed by atoms with Crippen molar-refractivity contribution in [2.24, 2.45) is 10.9 Å². The van der Waals surface area contributed by atoms with E-state index in [9.17, 15) is 0 Å². The van der Waals surface area contributed by atoms with E-state index in [1.165, 1.54) is 4.70 Å². The Morgan fingerprint density at radius 3 is 2.94 bits per heavy atom. The number of amidine groups is 1. The van der Waals surface area contributed by atoms with Crippen molar-refractivity contribution in [3.8, 4) is 0 Å². The molecule has 1 aromatic heterocycles. The van der Waals surface area contributed by atoms with Gasteiger partial charge in [0.2, 0.25) is 0 Å². The minimum absolute atomic E-state index is 0.123. The van der Waals surface area contributed by atoms with Crippen LogP contribution in [0.1, 0.15) is 11.9 Å². The second-order valence-corrected chi connectivity index (χ2v) is 5.31. The molecule has 0 spiro atoms. The van der Waals surface area contributed by atoms with E-state index in [2.05, 4.69) is 16.2 Å². The Morgan fingerprint density at radius 1 is 1.56 bits per heavy atom. The second-order valence-electron chi connectivity index (χ2n) is 4.19. The van der Waals surface area contributed by atoms with Gasteiger partial charge in [-0.25, -0.2) is 4.98 Å². The summed E-state index contributed by atoms with van der Waals surface area (Å²) >= 11 is 1.67. The van der Waals surface area contributed by atoms with Crippen LogP contribution in [0.15, 0.2) is 29.4 Å². The van der Waals surface area contributed by atoms with E-state index in [-0.39, 0.29) is 11.9 Å². The number of oxime groups is 1. The number of nitrogens with two attached hydrogens (primary N) is 1. The molecule has 0 saturated heterocycles. The van der Waals surface area contributed by atoms with Gasteiger partial charge in [0.15, 0.2) is 5.84 Å². The molecule has 0 saturated carbocycles. The van der Waals surface area contributed by atoms with E-state index < -0.39 is 0 Å². The number of aromatic nitrogens is 1. The minimum atomic E-state index is -0.123. The Bertz CT molecular complexity index is 533. The highest BCUT2D eigenvalue weighted by molar-refractivity contribution is 7.18. The lowest BCUT2D eigenvalue weighted by atomic mass is 10.3. The van der Waals surface area contributed by atoms with Crippen molar-refractivity contribution in [2.75, 3.05) is 7.05 Å². The summed E-state index contributed by atoms with van der Waals surface area (Å²) in [5, 5.41) is 12.7. The number of fused-ring (bicyclic) bond motifs is 1. The molecule has 1 unspecified atom stereocenters. The van der Waals surface area contributed by atoms with Gasteiger partial charge < -0.3 is 10.9 Å². The van der Waals surface area contributed by atoms with Crippen molar-refractivity contribution in [1.82, 2.24) is 9.88 Å². The summed E-state index contributed by atoms with van der Waals surface area (Å²) in [6, 6.07) is 7.93. The van der Waals surface area contributed by atoms with Crippen LogP contribution in [-0.2, 0) is 6.54 Å². The van der Waals surface area contributed by atoms with Crippen molar-refractivity contribution in [1.29, 1.82) is 0 Å². The van der Waals surface area contributed by atoms with Crippen LogP contribution in [0.3, 0.4) is 0 Å². The van der Waals surface area contributed by atoms with Gasteiger partial charge in [-0.15, -0.1) is 11.3 Å². The maximum Gasteiger partial charge on any atom is 0.156 e. The lowest BCUT2D eigenvalue weighted by Gasteiger charge is -2.21. The van der Waals surface area contributed by atoms with E-state index in [0.29, 0.717) is 6.54 Å². The number of para-hydroxylation sites is 1. The van der Waals surface area contributed by atoms with E-state index in [0.717, 1.165) is 10.5 Å². The highest BCUT2D eigenvalue weighted by atomic mass is 32.1. The van der Waals surface area contributed by atoms with Gasteiger partial charge >= 0.3 is 0 Å². The number of hydrogen-bond acceptors (Lipinski definition) is 5. The first-order valence-electron chi connectivity index (χ1n) is 5.64. The Hall–Kier alpha value is -1.66. The zero-order valence-electron chi connectivity index (χ0n) is 10.4. The number of nitrogens with zero attached hydrogens (tertiary/aromatic N) is 3. The third kappa shape index (κ3) is 2.60. The molecule has 18 heavy (non-hydrogen) atoms. The third-order valence-electron chi connectivity index (χ3n) is 2.93. The van der Waals surface area contributed by atoms with E-state index in [1.54, 1.807) is 11.3 Å². The molecule has 5 nitrogen and oxygen atoms in total. The van der Waals surface area contributed by atoms with Crippen LogP contribution in [0.4, 0.5) is 0 Å². The fourth-order valence-corrected chi connectivity index (χ4v) is 2.68. The van der Waals surface area contributed by atoms with Crippen LogP contribution >= 0.6 is 11.3 Å². The molecule has 1 atom stereocenters. The van der Waals surface area contributed by atoms with Gasteiger partial charge in [0, 0.05) is 0 Å². The van der Waals surface area contributed by atoms with Gasteiger partial charge in [-0.3, -0.25) is 4.90 Å². The largest absolute Gasteiger partial charge is 0.409 e. The third-order valence-corrected chi connectivity index (χ3v) is 3.95. The molecule has 1 aromatic carbocycles. The summed E-state index contributed by atoms with van der Waals surface area (Å²) in [7, 11) is 1.93. The molecular formula is C12H16N4OS. The van der Waals surface area contributed by atoms with Crippen molar-refractivity contribution in [3.63, 3.8) is 0 Å². The van der Waals surface area contributed by atoms with E-state index in [1.807, 2.05) is 37.1 Å². The smallest absolute Gasteiger partial charge is 0.156 e. The highest BCUT2D eigenvalue weighted by Crippen LogP contribution is 2.22. The number of rotatable bonds is 4. The molecule has 0 aliphatic rings. The molecule has 0 aliphatic carbocycles. The molecule has 0 bridgehead atoms. The van der Waals surface area contributed by atoms with E-state index >= 15 is 0 Å². The zero-order valence-corrected chi connectivity index (χ0v) is 11.2. The topological polar surface area (TPSA) is 74.7 Å². The summed E-state index contributed by atoms with van der Waals surface area (Å²) in [5.74, 6) is 0.207. The Labute approximate surface area is 110 Å². The van der Waals surface area contributed by atoms with Gasteiger partial charge in [0.05, 0.1) is 22.8 Å². The molecule has 2 rings (SSSR count). The first-order chi connectivity index (χ1) is 8.61. The molecule has 3 N–H and O–H groups in total. The number of benzene rings is 1. The Balaban J connectivity index is 2.13. The lowest BCUT2D eigenvalue weighted by Crippen LogP contribution is -2.39. The maximum absolute atomic E-state index is 8.66. The Kier molecular flexibility index (Phi) is 3.78. The molecule has 0 radical (unpaired) electrons. The Morgan fingerprint density at radius 2 is 2.28 bits per heavy atom. The van der Waals surface area contributed by atoms with Gasteiger partial charge in [-0.1, -0.05) is 17.3 Å². The number of hydrogen-bond donors (Lipinski definition) is 2. The second kappa shape index (κ2) is 5.32. The highest BCUT2D eigenvalue weighted by Gasteiger charge is 2.15. The van der Waals surface area contributed by atoms with Gasteiger partial charge in [0.25, 0.3) is 0 Å². The molecule has 0 amide bonds. The van der Waals surface area contributed by atoms with E-state index in [4.69, 9.17) is 10.9 Å². The van der Waals surface area contributed by atoms with Crippen LogP contribution in [0.25, 0.3) is 10.2 Å². The van der Waals surface area contributed by atoms with Crippen LogP contribution in [0.5, 0.6) is 0 Å².